The lowest BCUT2D eigenvalue weighted by Gasteiger charge is -2.10. The monoisotopic (exact) mass is 486 g/mol. The van der Waals surface area contributed by atoms with Crippen LogP contribution in [0, 0.1) is 20.8 Å². The number of sulfone groups is 1. The van der Waals surface area contributed by atoms with E-state index in [2.05, 4.69) is 26.1 Å². The third kappa shape index (κ3) is 3.97. The maximum absolute atomic E-state index is 12.9. The SMILES string of the molecule is Cc1cc(C)c(S(=O)(=O)Cc2ccc(-c3nc(-c4ccccc4Br)no3)o2)cc1C. The average molecular weight is 487 g/mol. The van der Waals surface area contributed by atoms with Crippen molar-refractivity contribution < 1.29 is 17.4 Å². The number of aromatic nitrogens is 2. The molecule has 0 fully saturated rings. The van der Waals surface area contributed by atoms with Gasteiger partial charge in [0.1, 0.15) is 11.5 Å². The van der Waals surface area contributed by atoms with Gasteiger partial charge in [-0.2, -0.15) is 4.98 Å². The van der Waals surface area contributed by atoms with Crippen LogP contribution in [0.15, 0.2) is 66.8 Å². The lowest BCUT2D eigenvalue weighted by molar-refractivity contribution is 0.413. The first-order valence-corrected chi connectivity index (χ1v) is 11.7. The van der Waals surface area contributed by atoms with Crippen molar-refractivity contribution in [2.24, 2.45) is 0 Å². The molecule has 154 valence electrons. The fraction of sp³-hybridized carbons (Fsp3) is 0.182. The summed E-state index contributed by atoms with van der Waals surface area (Å²) in [5.74, 6) is 0.980. The largest absolute Gasteiger partial charge is 0.455 e. The van der Waals surface area contributed by atoms with Crippen LogP contribution in [0.1, 0.15) is 22.5 Å². The van der Waals surface area contributed by atoms with Crippen LogP contribution in [0.2, 0.25) is 0 Å². The van der Waals surface area contributed by atoms with E-state index in [0.717, 1.165) is 26.7 Å². The molecule has 0 spiro atoms. The first-order chi connectivity index (χ1) is 14.2. The first-order valence-electron chi connectivity index (χ1n) is 9.23. The molecule has 2 aromatic carbocycles. The lowest BCUT2D eigenvalue weighted by Crippen LogP contribution is -2.07. The van der Waals surface area contributed by atoms with Crippen LogP contribution < -0.4 is 0 Å². The first kappa shape index (κ1) is 20.6. The average Bonchev–Trinajstić information content (AvgIpc) is 3.34. The summed E-state index contributed by atoms with van der Waals surface area (Å²) in [6.07, 6.45) is 0. The summed E-state index contributed by atoms with van der Waals surface area (Å²) in [6, 6.07) is 14.4. The zero-order valence-electron chi connectivity index (χ0n) is 16.6. The van der Waals surface area contributed by atoms with Gasteiger partial charge in [0.05, 0.1) is 4.90 Å². The normalized spacial score (nSPS) is 11.7. The highest BCUT2D eigenvalue weighted by Gasteiger charge is 2.22. The minimum Gasteiger partial charge on any atom is -0.455 e. The molecular weight excluding hydrogens is 468 g/mol. The summed E-state index contributed by atoms with van der Waals surface area (Å²) in [4.78, 5) is 4.68. The number of hydrogen-bond acceptors (Lipinski definition) is 6. The third-order valence-electron chi connectivity index (χ3n) is 4.87. The Balaban J connectivity index is 1.60. The van der Waals surface area contributed by atoms with E-state index in [4.69, 9.17) is 8.94 Å². The molecule has 4 rings (SSSR count). The summed E-state index contributed by atoms with van der Waals surface area (Å²) >= 11 is 3.46. The van der Waals surface area contributed by atoms with Crippen LogP contribution in [0.4, 0.5) is 0 Å². The van der Waals surface area contributed by atoms with E-state index in [0.29, 0.717) is 22.2 Å². The van der Waals surface area contributed by atoms with E-state index in [1.165, 1.54) is 0 Å². The summed E-state index contributed by atoms with van der Waals surface area (Å²) < 4.78 is 37.7. The van der Waals surface area contributed by atoms with E-state index in [1.807, 2.05) is 44.2 Å². The standard InChI is InChI=1S/C22H19BrN2O4S/c1-13-10-15(3)20(11-14(13)2)30(26,27)12-16-8-9-19(28-16)22-24-21(25-29-22)17-6-4-5-7-18(17)23/h4-11H,12H2,1-3H3. The van der Waals surface area contributed by atoms with Crippen LogP contribution in [0.25, 0.3) is 23.0 Å². The quantitative estimate of drug-likeness (QED) is 0.361. The van der Waals surface area contributed by atoms with Gasteiger partial charge in [-0.15, -0.1) is 0 Å². The van der Waals surface area contributed by atoms with E-state index in [1.54, 1.807) is 25.1 Å². The number of rotatable bonds is 5. The minimum absolute atomic E-state index is 0.187. The Morgan fingerprint density at radius 2 is 1.70 bits per heavy atom. The summed E-state index contributed by atoms with van der Waals surface area (Å²) in [7, 11) is -3.56. The van der Waals surface area contributed by atoms with Crippen molar-refractivity contribution in [1.82, 2.24) is 10.1 Å². The minimum atomic E-state index is -3.56. The van der Waals surface area contributed by atoms with E-state index >= 15 is 0 Å². The molecule has 0 bridgehead atoms. The topological polar surface area (TPSA) is 86.2 Å². The molecule has 0 radical (unpaired) electrons. The second-order valence-corrected chi connectivity index (χ2v) is 9.94. The molecule has 0 saturated carbocycles. The summed E-state index contributed by atoms with van der Waals surface area (Å²) in [5, 5.41) is 3.99. The van der Waals surface area contributed by atoms with Crippen LogP contribution in [0.3, 0.4) is 0 Å². The Bertz CT molecular complexity index is 1340. The predicted molar refractivity (Wildman–Crippen MR) is 117 cm³/mol. The number of furan rings is 1. The molecule has 6 nitrogen and oxygen atoms in total. The molecule has 2 aromatic heterocycles. The second kappa shape index (κ2) is 7.85. The second-order valence-electron chi connectivity index (χ2n) is 7.13. The fourth-order valence-electron chi connectivity index (χ4n) is 3.18. The van der Waals surface area contributed by atoms with Crippen molar-refractivity contribution in [3.05, 3.63) is 75.5 Å². The van der Waals surface area contributed by atoms with Crippen molar-refractivity contribution in [1.29, 1.82) is 0 Å². The summed E-state index contributed by atoms with van der Waals surface area (Å²) in [6.45, 7) is 5.66. The Morgan fingerprint density at radius 3 is 2.47 bits per heavy atom. The van der Waals surface area contributed by atoms with E-state index < -0.39 is 9.84 Å². The molecule has 0 atom stereocenters. The van der Waals surface area contributed by atoms with Gasteiger partial charge in [-0.05, 0) is 67.8 Å². The smallest absolute Gasteiger partial charge is 0.293 e. The number of halogens is 1. The van der Waals surface area contributed by atoms with Gasteiger partial charge in [0.2, 0.25) is 5.82 Å². The zero-order valence-corrected chi connectivity index (χ0v) is 19.0. The maximum Gasteiger partial charge on any atom is 0.293 e. The molecule has 4 aromatic rings. The molecule has 0 saturated heterocycles. The fourth-order valence-corrected chi connectivity index (χ4v) is 5.23. The van der Waals surface area contributed by atoms with Gasteiger partial charge < -0.3 is 8.94 Å². The van der Waals surface area contributed by atoms with Gasteiger partial charge in [0, 0.05) is 10.0 Å². The van der Waals surface area contributed by atoms with E-state index in [9.17, 15) is 8.42 Å². The highest BCUT2D eigenvalue weighted by molar-refractivity contribution is 9.10. The molecule has 0 unspecified atom stereocenters. The van der Waals surface area contributed by atoms with Gasteiger partial charge in [0.25, 0.3) is 5.89 Å². The van der Waals surface area contributed by atoms with Crippen molar-refractivity contribution in [3.63, 3.8) is 0 Å². The Hall–Kier alpha value is -2.71. The van der Waals surface area contributed by atoms with Gasteiger partial charge in [0.15, 0.2) is 15.6 Å². The van der Waals surface area contributed by atoms with Crippen molar-refractivity contribution in [2.75, 3.05) is 0 Å². The van der Waals surface area contributed by atoms with Crippen molar-refractivity contribution >= 4 is 25.8 Å². The molecule has 0 aliphatic carbocycles. The Labute approximate surface area is 183 Å². The van der Waals surface area contributed by atoms with Gasteiger partial charge in [-0.25, -0.2) is 8.42 Å². The predicted octanol–water partition coefficient (Wildman–Crippen LogP) is 5.66. The van der Waals surface area contributed by atoms with Gasteiger partial charge >= 0.3 is 0 Å². The number of hydrogen-bond donors (Lipinski definition) is 0. The van der Waals surface area contributed by atoms with E-state index in [-0.39, 0.29) is 11.6 Å². The van der Waals surface area contributed by atoms with Crippen molar-refractivity contribution in [2.45, 2.75) is 31.4 Å². The summed E-state index contributed by atoms with van der Waals surface area (Å²) in [5.41, 5.74) is 3.50. The van der Waals surface area contributed by atoms with Crippen LogP contribution in [-0.4, -0.2) is 18.6 Å². The highest BCUT2D eigenvalue weighted by Crippen LogP contribution is 2.30. The van der Waals surface area contributed by atoms with Gasteiger partial charge in [-0.1, -0.05) is 39.3 Å². The molecule has 2 heterocycles. The molecule has 30 heavy (non-hydrogen) atoms. The Morgan fingerprint density at radius 1 is 0.967 bits per heavy atom. The molecule has 0 N–H and O–H groups in total. The van der Waals surface area contributed by atoms with Crippen molar-refractivity contribution in [3.8, 4) is 23.0 Å². The zero-order chi connectivity index (χ0) is 21.5. The van der Waals surface area contributed by atoms with Crippen LogP contribution in [-0.2, 0) is 15.6 Å². The maximum atomic E-state index is 12.9. The Kier molecular flexibility index (Phi) is 5.38. The molecule has 0 amide bonds. The number of benzene rings is 2. The molecule has 8 heteroatoms. The number of nitrogens with zero attached hydrogens (tertiary/aromatic N) is 2. The highest BCUT2D eigenvalue weighted by atomic mass is 79.9. The van der Waals surface area contributed by atoms with Gasteiger partial charge in [-0.3, -0.25) is 0 Å². The number of aryl methyl sites for hydroxylation is 3. The lowest BCUT2D eigenvalue weighted by atomic mass is 10.1. The molecular formula is C22H19BrN2O4S. The molecule has 0 aliphatic rings. The third-order valence-corrected chi connectivity index (χ3v) is 7.34. The van der Waals surface area contributed by atoms with Crippen LogP contribution in [0.5, 0.6) is 0 Å². The van der Waals surface area contributed by atoms with Crippen LogP contribution >= 0.6 is 15.9 Å². The molecule has 0 aliphatic heterocycles.